The third-order valence-corrected chi connectivity index (χ3v) is 8.28. The molecule has 7 nitrogen and oxygen atoms in total. The van der Waals surface area contributed by atoms with E-state index in [1.807, 2.05) is 48.6 Å². The number of esters is 1. The van der Waals surface area contributed by atoms with Crippen LogP contribution in [0.2, 0.25) is 0 Å². The zero-order chi connectivity index (χ0) is 32.0. The second kappa shape index (κ2) is 18.1. The molecule has 7 heteroatoms. The van der Waals surface area contributed by atoms with E-state index < -0.39 is 24.3 Å². The second-order valence-corrected chi connectivity index (χ2v) is 12.4. The molecule has 4 rings (SSSR count). The molecule has 0 aromatic heterocycles. The van der Waals surface area contributed by atoms with Crippen molar-refractivity contribution in [3.63, 3.8) is 0 Å². The van der Waals surface area contributed by atoms with E-state index in [1.165, 1.54) is 11.6 Å². The first kappa shape index (κ1) is 34.6. The molecule has 3 heterocycles. The van der Waals surface area contributed by atoms with Crippen LogP contribution in [0.15, 0.2) is 96.7 Å². The molecule has 0 amide bonds. The van der Waals surface area contributed by atoms with Gasteiger partial charge in [-0.2, -0.15) is 0 Å². The average molecular weight is 619 g/mol. The molecule has 0 saturated heterocycles. The molecule has 0 saturated carbocycles. The summed E-state index contributed by atoms with van der Waals surface area (Å²) in [4.78, 5) is 13.1. The highest BCUT2D eigenvalue weighted by molar-refractivity contribution is 5.82. The zero-order valence-electron chi connectivity index (χ0n) is 27.0. The standard InChI is InChI=1S/C38H50O7/c1-27-20-21-42-34(24-27)18-19-36(43-26-30-14-16-32(41-4)17-15-30)37-12-5-8-31(39)23-28(2)22-29(3)25-35-11-6-9-33(44-35)10-7-13-38(40)45-37/h5-9,13-20,29,31,33-37,39H,2,10-12,21-26H2,1,3-4H3/b8-5+,13-7-,19-18+/t29-,31+,33-,34+,35-,36-,37-/m0/s1. The van der Waals surface area contributed by atoms with Gasteiger partial charge in [-0.25, -0.2) is 4.79 Å². The van der Waals surface area contributed by atoms with E-state index in [0.29, 0.717) is 38.4 Å². The highest BCUT2D eigenvalue weighted by Gasteiger charge is 2.25. The molecular weight excluding hydrogens is 568 g/mol. The largest absolute Gasteiger partial charge is 0.497 e. The van der Waals surface area contributed by atoms with Crippen molar-refractivity contribution in [2.24, 2.45) is 5.92 Å². The first-order chi connectivity index (χ1) is 21.8. The van der Waals surface area contributed by atoms with Crippen LogP contribution in [0.25, 0.3) is 0 Å². The summed E-state index contributed by atoms with van der Waals surface area (Å²) in [5, 5.41) is 10.8. The number of aliphatic hydroxyl groups is 1. The van der Waals surface area contributed by atoms with Crippen molar-refractivity contribution in [2.45, 2.75) is 102 Å². The van der Waals surface area contributed by atoms with Crippen molar-refractivity contribution < 1.29 is 33.6 Å². The summed E-state index contributed by atoms with van der Waals surface area (Å²) >= 11 is 0. The fourth-order valence-corrected chi connectivity index (χ4v) is 5.93. The number of carbonyl (C=O) groups excluding carboxylic acids is 1. The Morgan fingerprint density at radius 1 is 1.07 bits per heavy atom. The molecule has 2 bridgehead atoms. The van der Waals surface area contributed by atoms with Crippen molar-refractivity contribution in [1.82, 2.24) is 0 Å². The smallest absolute Gasteiger partial charge is 0.330 e. The minimum atomic E-state index is -0.683. The minimum absolute atomic E-state index is 0.0841. The van der Waals surface area contributed by atoms with Crippen LogP contribution in [0.1, 0.15) is 64.4 Å². The molecule has 244 valence electrons. The highest BCUT2D eigenvalue weighted by atomic mass is 16.6. The number of hydrogen-bond donors (Lipinski definition) is 1. The predicted octanol–water partition coefficient (Wildman–Crippen LogP) is 7.13. The summed E-state index contributed by atoms with van der Waals surface area (Å²) in [5.41, 5.74) is 3.25. The Hall–Kier alpha value is -3.23. The van der Waals surface area contributed by atoms with Gasteiger partial charge in [0.05, 0.1) is 44.7 Å². The summed E-state index contributed by atoms with van der Waals surface area (Å²) in [7, 11) is 1.63. The molecule has 0 aliphatic carbocycles. The molecule has 3 aliphatic rings. The van der Waals surface area contributed by atoms with Gasteiger partial charge in [0.25, 0.3) is 0 Å². The fraction of sp³-hybridized carbons (Fsp3) is 0.500. The molecule has 1 aromatic rings. The zero-order valence-corrected chi connectivity index (χ0v) is 27.0. The number of fused-ring (bicyclic) bond motifs is 2. The van der Waals surface area contributed by atoms with E-state index in [9.17, 15) is 9.90 Å². The predicted molar refractivity (Wildman–Crippen MR) is 177 cm³/mol. The molecule has 0 fully saturated rings. The van der Waals surface area contributed by atoms with Gasteiger partial charge in [0.1, 0.15) is 18.0 Å². The maximum absolute atomic E-state index is 13.1. The number of aliphatic hydroxyl groups excluding tert-OH is 1. The summed E-state index contributed by atoms with van der Waals surface area (Å²) in [6, 6.07) is 7.68. The van der Waals surface area contributed by atoms with E-state index >= 15 is 0 Å². The normalized spacial score (nSPS) is 30.9. The molecule has 0 unspecified atom stereocenters. The lowest BCUT2D eigenvalue weighted by Gasteiger charge is -2.28. The third kappa shape index (κ3) is 12.2. The number of hydrogen-bond acceptors (Lipinski definition) is 7. The number of carbonyl (C=O) groups is 1. The summed E-state index contributed by atoms with van der Waals surface area (Å²) in [6.45, 7) is 9.41. The van der Waals surface area contributed by atoms with Crippen LogP contribution >= 0.6 is 0 Å². The molecule has 0 spiro atoms. The van der Waals surface area contributed by atoms with E-state index in [2.05, 4.69) is 38.7 Å². The molecule has 0 radical (unpaired) electrons. The Morgan fingerprint density at radius 2 is 1.87 bits per heavy atom. The minimum Gasteiger partial charge on any atom is -0.497 e. The van der Waals surface area contributed by atoms with Crippen LogP contribution in [0.3, 0.4) is 0 Å². The molecule has 1 N–H and O–H groups in total. The van der Waals surface area contributed by atoms with Crippen molar-refractivity contribution in [1.29, 1.82) is 0 Å². The van der Waals surface area contributed by atoms with Gasteiger partial charge in [-0.15, -0.1) is 0 Å². The van der Waals surface area contributed by atoms with Crippen molar-refractivity contribution in [2.75, 3.05) is 13.7 Å². The summed E-state index contributed by atoms with van der Waals surface area (Å²) in [6.07, 6.45) is 20.1. The molecule has 3 aliphatic heterocycles. The van der Waals surface area contributed by atoms with E-state index in [0.717, 1.165) is 42.6 Å². The number of ether oxygens (including phenoxy) is 5. The number of methoxy groups -OCH3 is 1. The Bertz CT molecular complexity index is 1240. The van der Waals surface area contributed by atoms with Crippen molar-refractivity contribution in [3.8, 4) is 5.75 Å². The lowest BCUT2D eigenvalue weighted by atomic mass is 9.91. The van der Waals surface area contributed by atoms with Crippen molar-refractivity contribution in [3.05, 3.63) is 102 Å². The van der Waals surface area contributed by atoms with Crippen LogP contribution in [-0.4, -0.2) is 61.4 Å². The average Bonchev–Trinajstić information content (AvgIpc) is 3.00. The molecule has 45 heavy (non-hydrogen) atoms. The molecule has 7 atom stereocenters. The van der Waals surface area contributed by atoms with Crippen LogP contribution in [0, 0.1) is 5.92 Å². The third-order valence-electron chi connectivity index (χ3n) is 8.28. The van der Waals surface area contributed by atoms with Gasteiger partial charge >= 0.3 is 5.97 Å². The van der Waals surface area contributed by atoms with Gasteiger partial charge in [0.15, 0.2) is 0 Å². The maximum atomic E-state index is 13.1. The highest BCUT2D eigenvalue weighted by Crippen LogP contribution is 2.26. The number of rotatable bonds is 7. The molecular formula is C38H50O7. The Labute approximate surface area is 268 Å². The Kier molecular flexibility index (Phi) is 13.9. The Balaban J connectivity index is 1.55. The lowest BCUT2D eigenvalue weighted by Crippen LogP contribution is -2.32. The summed E-state index contributed by atoms with van der Waals surface area (Å²) in [5.74, 6) is 0.707. The quantitative estimate of drug-likeness (QED) is 0.257. The van der Waals surface area contributed by atoms with Gasteiger partial charge in [0, 0.05) is 12.5 Å². The Morgan fingerprint density at radius 3 is 2.64 bits per heavy atom. The number of cyclic esters (lactones) is 1. The van der Waals surface area contributed by atoms with Crippen LogP contribution < -0.4 is 4.74 Å². The second-order valence-electron chi connectivity index (χ2n) is 12.4. The van der Waals surface area contributed by atoms with Gasteiger partial charge in [-0.05, 0) is 69.1 Å². The summed E-state index contributed by atoms with van der Waals surface area (Å²) < 4.78 is 30.0. The lowest BCUT2D eigenvalue weighted by molar-refractivity contribution is -0.149. The van der Waals surface area contributed by atoms with Gasteiger partial charge in [-0.1, -0.05) is 85.4 Å². The number of benzene rings is 1. The van der Waals surface area contributed by atoms with Crippen LogP contribution in [-0.2, 0) is 30.3 Å². The first-order valence-corrected chi connectivity index (χ1v) is 16.2. The maximum Gasteiger partial charge on any atom is 0.330 e. The molecule has 1 aromatic carbocycles. The monoisotopic (exact) mass is 618 g/mol. The van der Waals surface area contributed by atoms with Gasteiger partial charge in [0.2, 0.25) is 0 Å². The van der Waals surface area contributed by atoms with Crippen LogP contribution in [0.4, 0.5) is 0 Å². The van der Waals surface area contributed by atoms with Gasteiger partial charge < -0.3 is 28.8 Å². The van der Waals surface area contributed by atoms with E-state index in [4.69, 9.17) is 23.7 Å². The fourth-order valence-electron chi connectivity index (χ4n) is 5.93. The first-order valence-electron chi connectivity index (χ1n) is 16.2. The van der Waals surface area contributed by atoms with Gasteiger partial charge in [-0.3, -0.25) is 0 Å². The van der Waals surface area contributed by atoms with E-state index in [1.54, 1.807) is 13.2 Å². The topological polar surface area (TPSA) is 83.5 Å². The SMILES string of the molecule is C=C1C[C@H](C)C[C@@H]2CC=C[C@@H](C/C=C\C(=O)O[C@H]([C@H](/C=C/[C@@H]3CC(C)=CCO3)OCc3ccc(OC)cc3)C/C=C/[C@@H](O)C1)O2. The van der Waals surface area contributed by atoms with Crippen molar-refractivity contribution >= 4 is 5.97 Å². The van der Waals surface area contributed by atoms with E-state index in [-0.39, 0.29) is 18.3 Å². The van der Waals surface area contributed by atoms with Crippen LogP contribution in [0.5, 0.6) is 5.75 Å².